The molecule has 1 amide bonds. The Morgan fingerprint density at radius 1 is 1.08 bits per heavy atom. The van der Waals surface area contributed by atoms with Crippen molar-refractivity contribution >= 4 is 43.6 Å². The first-order valence-corrected chi connectivity index (χ1v) is 12.1. The summed E-state index contributed by atoms with van der Waals surface area (Å²) < 4.78 is 17.8. The van der Waals surface area contributed by atoms with Gasteiger partial charge in [-0.3, -0.25) is 14.5 Å². The Bertz CT molecular complexity index is 1700. The van der Waals surface area contributed by atoms with Crippen molar-refractivity contribution in [3.05, 3.63) is 106 Å². The predicted octanol–water partition coefficient (Wildman–Crippen LogP) is 5.73. The summed E-state index contributed by atoms with van der Waals surface area (Å²) in [5, 5.41) is 0.894. The number of carbonyl (C=O) groups excluding carboxylic acids is 1. The Morgan fingerprint density at radius 2 is 1.86 bits per heavy atom. The van der Waals surface area contributed by atoms with Crippen LogP contribution in [0.5, 0.6) is 11.5 Å². The summed E-state index contributed by atoms with van der Waals surface area (Å²) in [6.07, 6.45) is 1.67. The van der Waals surface area contributed by atoms with Gasteiger partial charge in [0.25, 0.3) is 5.91 Å². The van der Waals surface area contributed by atoms with E-state index in [0.29, 0.717) is 39.8 Å². The average molecular weight is 497 g/mol. The predicted molar refractivity (Wildman–Crippen MR) is 139 cm³/mol. The number of para-hydroxylation sites is 1. The van der Waals surface area contributed by atoms with Crippen LogP contribution in [0.25, 0.3) is 21.2 Å². The molecule has 36 heavy (non-hydrogen) atoms. The highest BCUT2D eigenvalue weighted by molar-refractivity contribution is 7.22. The van der Waals surface area contributed by atoms with Gasteiger partial charge in [0, 0.05) is 0 Å². The number of rotatable bonds is 6. The highest BCUT2D eigenvalue weighted by Crippen LogP contribution is 2.44. The number of fused-ring (bicyclic) bond motifs is 3. The minimum absolute atomic E-state index is 0.0347. The molecule has 7 nitrogen and oxygen atoms in total. The highest BCUT2D eigenvalue weighted by Gasteiger charge is 2.45. The van der Waals surface area contributed by atoms with E-state index in [4.69, 9.17) is 18.9 Å². The van der Waals surface area contributed by atoms with Crippen molar-refractivity contribution in [3.8, 4) is 11.5 Å². The van der Waals surface area contributed by atoms with Crippen LogP contribution in [0, 0.1) is 0 Å². The molecule has 0 radical (unpaired) electrons. The largest absolute Gasteiger partial charge is 0.497 e. The molecule has 0 saturated heterocycles. The van der Waals surface area contributed by atoms with Crippen LogP contribution in [-0.2, 0) is 0 Å². The van der Waals surface area contributed by atoms with Gasteiger partial charge in [-0.25, -0.2) is 4.98 Å². The van der Waals surface area contributed by atoms with E-state index in [9.17, 15) is 9.59 Å². The van der Waals surface area contributed by atoms with E-state index in [-0.39, 0.29) is 11.2 Å². The fourth-order valence-corrected chi connectivity index (χ4v) is 5.48. The van der Waals surface area contributed by atoms with E-state index in [0.717, 1.165) is 15.8 Å². The number of ether oxygens (including phenoxy) is 2. The Balaban J connectivity index is 1.55. The lowest BCUT2D eigenvalue weighted by atomic mass is 9.98. The molecule has 5 aromatic rings. The lowest BCUT2D eigenvalue weighted by Gasteiger charge is -2.22. The van der Waals surface area contributed by atoms with E-state index in [1.165, 1.54) is 11.3 Å². The zero-order valence-electron chi connectivity index (χ0n) is 19.3. The van der Waals surface area contributed by atoms with Crippen LogP contribution in [-0.4, -0.2) is 24.6 Å². The third-order valence-corrected chi connectivity index (χ3v) is 7.15. The molecule has 3 aromatic carbocycles. The molecule has 6 rings (SSSR count). The zero-order valence-corrected chi connectivity index (χ0v) is 20.1. The van der Waals surface area contributed by atoms with E-state index >= 15 is 0 Å². The van der Waals surface area contributed by atoms with Crippen molar-refractivity contribution in [2.24, 2.45) is 0 Å². The highest BCUT2D eigenvalue weighted by atomic mass is 32.1. The summed E-state index contributed by atoms with van der Waals surface area (Å²) in [6, 6.07) is 19.1. The molecule has 0 spiro atoms. The van der Waals surface area contributed by atoms with Crippen LogP contribution in [0.2, 0.25) is 0 Å². The first-order valence-electron chi connectivity index (χ1n) is 11.3. The Hall–Kier alpha value is -4.43. The van der Waals surface area contributed by atoms with Crippen molar-refractivity contribution in [2.45, 2.75) is 6.04 Å². The molecule has 2 aromatic heterocycles. The molecule has 1 aliphatic rings. The number of carbonyl (C=O) groups is 1. The molecule has 0 fully saturated rings. The number of hydrogen-bond donors (Lipinski definition) is 0. The molecule has 0 aliphatic carbocycles. The van der Waals surface area contributed by atoms with Gasteiger partial charge in [0.2, 0.25) is 5.76 Å². The van der Waals surface area contributed by atoms with Crippen molar-refractivity contribution in [2.75, 3.05) is 18.6 Å². The minimum atomic E-state index is -0.704. The van der Waals surface area contributed by atoms with Crippen molar-refractivity contribution in [1.29, 1.82) is 0 Å². The number of anilines is 1. The number of amides is 1. The van der Waals surface area contributed by atoms with Gasteiger partial charge in [-0.1, -0.05) is 48.3 Å². The van der Waals surface area contributed by atoms with Crippen LogP contribution >= 0.6 is 11.3 Å². The molecule has 1 atom stereocenters. The maximum Gasteiger partial charge on any atom is 0.297 e. The van der Waals surface area contributed by atoms with Gasteiger partial charge >= 0.3 is 0 Å². The van der Waals surface area contributed by atoms with Gasteiger partial charge in [-0.15, -0.1) is 0 Å². The first-order chi connectivity index (χ1) is 17.6. The number of thiazole rings is 1. The summed E-state index contributed by atoms with van der Waals surface area (Å²) in [7, 11) is 1.60. The van der Waals surface area contributed by atoms with E-state index in [1.54, 1.807) is 42.4 Å². The van der Waals surface area contributed by atoms with Gasteiger partial charge < -0.3 is 13.9 Å². The van der Waals surface area contributed by atoms with Crippen molar-refractivity contribution < 1.29 is 18.7 Å². The van der Waals surface area contributed by atoms with Crippen molar-refractivity contribution in [3.63, 3.8) is 0 Å². The molecule has 0 bridgehead atoms. The summed E-state index contributed by atoms with van der Waals surface area (Å²) >= 11 is 1.36. The monoisotopic (exact) mass is 496 g/mol. The minimum Gasteiger partial charge on any atom is -0.497 e. The summed E-state index contributed by atoms with van der Waals surface area (Å²) in [5.74, 6) is 0.985. The lowest BCUT2D eigenvalue weighted by Crippen LogP contribution is -2.29. The summed E-state index contributed by atoms with van der Waals surface area (Å²) in [6.45, 7) is 4.04. The number of hydrogen-bond acceptors (Lipinski definition) is 7. The van der Waals surface area contributed by atoms with Crippen LogP contribution in [0.1, 0.15) is 27.7 Å². The van der Waals surface area contributed by atoms with Crippen molar-refractivity contribution in [1.82, 2.24) is 4.98 Å². The number of benzene rings is 3. The zero-order chi connectivity index (χ0) is 24.8. The number of nitrogens with zero attached hydrogens (tertiary/aromatic N) is 2. The SMILES string of the molecule is C=CCOc1ccc(C2c3c(oc4ccccc4c3=O)C(=O)N2c2nc3ccc(OC)cc3s2)cc1. The van der Waals surface area contributed by atoms with E-state index in [1.807, 2.05) is 42.5 Å². The molecular weight excluding hydrogens is 476 g/mol. The summed E-state index contributed by atoms with van der Waals surface area (Å²) in [5.41, 5.74) is 1.92. The second-order valence-corrected chi connectivity index (χ2v) is 9.26. The fraction of sp³-hybridized carbons (Fsp3) is 0.107. The van der Waals surface area contributed by atoms with Gasteiger partial charge in [0.1, 0.15) is 23.7 Å². The van der Waals surface area contributed by atoms with Gasteiger partial charge in [-0.2, -0.15) is 0 Å². The summed E-state index contributed by atoms with van der Waals surface area (Å²) in [4.78, 5) is 33.7. The van der Waals surface area contributed by atoms with Crippen LogP contribution in [0.15, 0.2) is 88.6 Å². The van der Waals surface area contributed by atoms with E-state index in [2.05, 4.69) is 6.58 Å². The third kappa shape index (κ3) is 3.46. The third-order valence-electron chi connectivity index (χ3n) is 6.13. The molecule has 1 unspecified atom stereocenters. The first kappa shape index (κ1) is 22.1. The standard InChI is InChI=1S/C28H20N2O5S/c1-3-14-34-17-10-8-16(9-11-17)24-23-25(31)19-6-4-5-7-21(19)35-26(23)27(32)30(24)28-29-20-13-12-18(33-2)15-22(20)36-28/h3-13,15,24H,1,14H2,2H3. The van der Waals surface area contributed by atoms with Crippen LogP contribution in [0.4, 0.5) is 5.13 Å². The van der Waals surface area contributed by atoms with Crippen LogP contribution in [0.3, 0.4) is 0 Å². The molecular formula is C28H20N2O5S. The number of aromatic nitrogens is 1. The molecule has 178 valence electrons. The number of methoxy groups -OCH3 is 1. The van der Waals surface area contributed by atoms with Gasteiger partial charge in [0.05, 0.1) is 34.3 Å². The topological polar surface area (TPSA) is 81.9 Å². The van der Waals surface area contributed by atoms with E-state index < -0.39 is 11.9 Å². The quantitative estimate of drug-likeness (QED) is 0.280. The smallest absolute Gasteiger partial charge is 0.297 e. The average Bonchev–Trinajstić information content (AvgIpc) is 3.46. The molecule has 8 heteroatoms. The normalized spacial score (nSPS) is 14.9. The second-order valence-electron chi connectivity index (χ2n) is 8.25. The molecule has 0 saturated carbocycles. The fourth-order valence-electron chi connectivity index (χ4n) is 4.46. The lowest BCUT2D eigenvalue weighted by molar-refractivity contribution is 0.0971. The molecule has 0 N–H and O–H groups in total. The second kappa shape index (κ2) is 8.66. The maximum atomic E-state index is 13.8. The van der Waals surface area contributed by atoms with Gasteiger partial charge in [-0.05, 0) is 48.0 Å². The molecule has 3 heterocycles. The Labute approximate surface area is 209 Å². The maximum absolute atomic E-state index is 13.8. The van der Waals surface area contributed by atoms with Gasteiger partial charge in [0.15, 0.2) is 10.6 Å². The van der Waals surface area contributed by atoms with Crippen LogP contribution < -0.4 is 19.8 Å². The molecule has 1 aliphatic heterocycles. The Kier molecular flexibility index (Phi) is 5.30. The Morgan fingerprint density at radius 3 is 2.64 bits per heavy atom.